The minimum Gasteiger partial charge on any atom is -0.358 e. The first-order valence-corrected chi connectivity index (χ1v) is 10.4. The van der Waals surface area contributed by atoms with E-state index in [0.717, 1.165) is 39.3 Å². The van der Waals surface area contributed by atoms with Gasteiger partial charge in [0.25, 0.3) is 0 Å². The number of likely N-dealkylation sites (tertiary alicyclic amines) is 1. The highest BCUT2D eigenvalue weighted by Gasteiger charge is 2.26. The van der Waals surface area contributed by atoms with Crippen molar-refractivity contribution in [2.24, 2.45) is 0 Å². The number of fused-ring (bicyclic) bond motifs is 1. The van der Waals surface area contributed by atoms with E-state index in [9.17, 15) is 4.79 Å². The standard InChI is InChI=1S/C22H32N4O/c1-16(2)21-14-19-17(4-3-5-20(19)24-21)15-25-10-6-18(7-11-25)26-12-8-22(27)23-9-13-26/h3-5,14,16,18,24H,6-13,15H2,1-2H3,(H,23,27). The summed E-state index contributed by atoms with van der Waals surface area (Å²) in [6.07, 6.45) is 3.05. The zero-order valence-electron chi connectivity index (χ0n) is 16.6. The van der Waals surface area contributed by atoms with Crippen LogP contribution in [0.2, 0.25) is 0 Å². The highest BCUT2D eigenvalue weighted by molar-refractivity contribution is 5.84. The largest absolute Gasteiger partial charge is 0.358 e. The van der Waals surface area contributed by atoms with E-state index >= 15 is 0 Å². The lowest BCUT2D eigenvalue weighted by Gasteiger charge is -2.38. The van der Waals surface area contributed by atoms with Gasteiger partial charge in [-0.1, -0.05) is 26.0 Å². The molecule has 0 bridgehead atoms. The Morgan fingerprint density at radius 2 is 1.96 bits per heavy atom. The number of nitrogens with zero attached hydrogens (tertiary/aromatic N) is 2. The third kappa shape index (κ3) is 4.19. The average molecular weight is 369 g/mol. The van der Waals surface area contributed by atoms with Gasteiger partial charge in [0, 0.05) is 55.2 Å². The van der Waals surface area contributed by atoms with Gasteiger partial charge in [0.15, 0.2) is 0 Å². The van der Waals surface area contributed by atoms with Crippen molar-refractivity contribution < 1.29 is 4.79 Å². The Labute approximate surface area is 162 Å². The van der Waals surface area contributed by atoms with E-state index in [1.807, 2.05) is 0 Å². The van der Waals surface area contributed by atoms with Crippen molar-refractivity contribution in [3.63, 3.8) is 0 Å². The summed E-state index contributed by atoms with van der Waals surface area (Å²) in [7, 11) is 0. The number of aromatic nitrogens is 1. The number of carbonyl (C=O) groups excluding carboxylic acids is 1. The van der Waals surface area contributed by atoms with Gasteiger partial charge in [0.2, 0.25) is 5.91 Å². The van der Waals surface area contributed by atoms with Crippen LogP contribution in [0.3, 0.4) is 0 Å². The summed E-state index contributed by atoms with van der Waals surface area (Å²) in [5.41, 5.74) is 4.01. The quantitative estimate of drug-likeness (QED) is 0.872. The Morgan fingerprint density at radius 1 is 1.15 bits per heavy atom. The summed E-state index contributed by atoms with van der Waals surface area (Å²) in [4.78, 5) is 20.3. The van der Waals surface area contributed by atoms with E-state index in [1.165, 1.54) is 35.0 Å². The Balaban J connectivity index is 1.38. The molecule has 146 valence electrons. The van der Waals surface area contributed by atoms with Crippen LogP contribution in [0.4, 0.5) is 0 Å². The molecule has 0 saturated carbocycles. The molecule has 1 aromatic carbocycles. The molecule has 0 aliphatic carbocycles. The maximum Gasteiger partial charge on any atom is 0.221 e. The van der Waals surface area contributed by atoms with Gasteiger partial charge in [-0.2, -0.15) is 0 Å². The van der Waals surface area contributed by atoms with Crippen LogP contribution in [0.15, 0.2) is 24.3 Å². The van der Waals surface area contributed by atoms with Gasteiger partial charge in [0.05, 0.1) is 0 Å². The van der Waals surface area contributed by atoms with Crippen molar-refractivity contribution in [1.29, 1.82) is 0 Å². The van der Waals surface area contributed by atoms with Gasteiger partial charge < -0.3 is 10.3 Å². The smallest absolute Gasteiger partial charge is 0.221 e. The Hall–Kier alpha value is -1.85. The topological polar surface area (TPSA) is 51.4 Å². The number of aromatic amines is 1. The van der Waals surface area contributed by atoms with E-state index in [1.54, 1.807) is 0 Å². The van der Waals surface area contributed by atoms with Crippen molar-refractivity contribution in [2.75, 3.05) is 32.7 Å². The molecule has 2 aliphatic heterocycles. The van der Waals surface area contributed by atoms with Gasteiger partial charge >= 0.3 is 0 Å². The number of benzene rings is 1. The maximum atomic E-state index is 11.6. The van der Waals surface area contributed by atoms with Crippen LogP contribution < -0.4 is 5.32 Å². The molecule has 5 heteroatoms. The Kier molecular flexibility index (Phi) is 5.50. The SMILES string of the molecule is CC(C)c1cc2c(CN3CCC(N4CCNC(=O)CC4)CC3)cccc2[nH]1. The summed E-state index contributed by atoms with van der Waals surface area (Å²) in [6.45, 7) is 10.5. The second-order valence-electron chi connectivity index (χ2n) is 8.40. The molecule has 2 aromatic rings. The van der Waals surface area contributed by atoms with Gasteiger partial charge in [-0.05, 0) is 49.5 Å². The van der Waals surface area contributed by atoms with Crippen molar-refractivity contribution >= 4 is 16.8 Å². The molecule has 0 atom stereocenters. The van der Waals surface area contributed by atoms with E-state index < -0.39 is 0 Å². The Morgan fingerprint density at radius 3 is 2.74 bits per heavy atom. The highest BCUT2D eigenvalue weighted by Crippen LogP contribution is 2.26. The summed E-state index contributed by atoms with van der Waals surface area (Å²) < 4.78 is 0. The van der Waals surface area contributed by atoms with Gasteiger partial charge in [-0.3, -0.25) is 14.6 Å². The second kappa shape index (κ2) is 8.03. The fraction of sp³-hybridized carbons (Fsp3) is 0.591. The van der Waals surface area contributed by atoms with E-state index in [4.69, 9.17) is 0 Å². The van der Waals surface area contributed by atoms with Crippen molar-refractivity contribution in [3.8, 4) is 0 Å². The predicted octanol–water partition coefficient (Wildman–Crippen LogP) is 3.08. The number of nitrogens with one attached hydrogen (secondary N) is 2. The van der Waals surface area contributed by atoms with Crippen LogP contribution >= 0.6 is 0 Å². The maximum absolute atomic E-state index is 11.6. The molecular weight excluding hydrogens is 336 g/mol. The van der Waals surface area contributed by atoms with Crippen molar-refractivity contribution in [2.45, 2.75) is 51.6 Å². The molecule has 5 nitrogen and oxygen atoms in total. The third-order valence-corrected chi connectivity index (χ3v) is 6.21. The zero-order chi connectivity index (χ0) is 18.8. The van der Waals surface area contributed by atoms with Crippen LogP contribution in [0.5, 0.6) is 0 Å². The minimum absolute atomic E-state index is 0.204. The first-order valence-electron chi connectivity index (χ1n) is 10.4. The molecule has 1 aromatic heterocycles. The number of amides is 1. The van der Waals surface area contributed by atoms with E-state index in [-0.39, 0.29) is 5.91 Å². The normalized spacial score (nSPS) is 20.9. The van der Waals surface area contributed by atoms with Gasteiger partial charge in [-0.15, -0.1) is 0 Å². The van der Waals surface area contributed by atoms with Crippen LogP contribution in [-0.4, -0.2) is 59.5 Å². The molecule has 0 unspecified atom stereocenters. The van der Waals surface area contributed by atoms with Gasteiger partial charge in [-0.25, -0.2) is 0 Å². The molecule has 27 heavy (non-hydrogen) atoms. The molecule has 0 spiro atoms. The molecule has 3 heterocycles. The molecule has 2 fully saturated rings. The number of carbonyl (C=O) groups is 1. The summed E-state index contributed by atoms with van der Waals surface area (Å²) in [5.74, 6) is 0.728. The lowest BCUT2D eigenvalue weighted by Crippen LogP contribution is -2.45. The van der Waals surface area contributed by atoms with Crippen LogP contribution in [0.1, 0.15) is 50.3 Å². The number of piperidine rings is 1. The summed E-state index contributed by atoms with van der Waals surface area (Å²) >= 11 is 0. The Bertz CT molecular complexity index is 789. The van der Waals surface area contributed by atoms with E-state index in [0.29, 0.717) is 18.4 Å². The second-order valence-corrected chi connectivity index (χ2v) is 8.40. The summed E-state index contributed by atoms with van der Waals surface area (Å²) in [6, 6.07) is 9.60. The first-order chi connectivity index (χ1) is 13.1. The number of hydrogen-bond donors (Lipinski definition) is 2. The molecular formula is C22H32N4O. The highest BCUT2D eigenvalue weighted by atomic mass is 16.1. The molecule has 0 radical (unpaired) electrons. The van der Waals surface area contributed by atoms with Crippen LogP contribution in [-0.2, 0) is 11.3 Å². The van der Waals surface area contributed by atoms with Crippen LogP contribution in [0.25, 0.3) is 10.9 Å². The number of rotatable bonds is 4. The monoisotopic (exact) mass is 368 g/mol. The lowest BCUT2D eigenvalue weighted by atomic mass is 10.0. The van der Waals surface area contributed by atoms with Gasteiger partial charge in [0.1, 0.15) is 0 Å². The zero-order valence-corrected chi connectivity index (χ0v) is 16.6. The third-order valence-electron chi connectivity index (χ3n) is 6.21. The number of H-pyrrole nitrogens is 1. The van der Waals surface area contributed by atoms with E-state index in [2.05, 4.69) is 58.2 Å². The summed E-state index contributed by atoms with van der Waals surface area (Å²) in [5, 5.41) is 4.36. The lowest BCUT2D eigenvalue weighted by molar-refractivity contribution is -0.120. The average Bonchev–Trinajstić information content (AvgIpc) is 3.00. The van der Waals surface area contributed by atoms with Crippen LogP contribution in [0, 0.1) is 0 Å². The molecule has 4 rings (SSSR count). The fourth-order valence-electron chi connectivity index (χ4n) is 4.52. The molecule has 2 saturated heterocycles. The fourth-order valence-corrected chi connectivity index (χ4v) is 4.52. The predicted molar refractivity (Wildman–Crippen MR) is 110 cm³/mol. The molecule has 1 amide bonds. The molecule has 2 aliphatic rings. The molecule has 2 N–H and O–H groups in total. The number of hydrogen-bond acceptors (Lipinski definition) is 3. The van der Waals surface area contributed by atoms with Crippen molar-refractivity contribution in [1.82, 2.24) is 20.1 Å². The minimum atomic E-state index is 0.204. The van der Waals surface area contributed by atoms with Crippen molar-refractivity contribution in [3.05, 3.63) is 35.5 Å². The first kappa shape index (κ1) is 18.5.